The molecule has 0 bridgehead atoms. The molecule has 25 heavy (non-hydrogen) atoms. The van der Waals surface area contributed by atoms with E-state index in [0.717, 1.165) is 0 Å². The maximum absolute atomic E-state index is 12.6. The Balaban J connectivity index is 0.00000156. The zero-order valence-electron chi connectivity index (χ0n) is 16.6. The Morgan fingerprint density at radius 1 is 0.800 bits per heavy atom. The third-order valence-corrected chi connectivity index (χ3v) is 93.5. The van der Waals surface area contributed by atoms with Crippen LogP contribution in [0.5, 0.6) is 0 Å². The molecule has 2 saturated heterocycles. The first-order valence-electron chi connectivity index (χ1n) is 8.41. The normalized spacial score (nSPS) is 28.7. The van der Waals surface area contributed by atoms with Gasteiger partial charge in [-0.2, -0.15) is 0 Å². The van der Waals surface area contributed by atoms with Gasteiger partial charge in [-0.15, -0.1) is 0 Å². The summed E-state index contributed by atoms with van der Waals surface area (Å²) in [5.74, 6) is 0. The first-order chi connectivity index (χ1) is 10.2. The van der Waals surface area contributed by atoms with E-state index in [0.29, 0.717) is 0 Å². The Bertz CT molecular complexity index is 738. The summed E-state index contributed by atoms with van der Waals surface area (Å²) in [6.45, 7) is 20.0. The third kappa shape index (κ3) is 1.88. The second kappa shape index (κ2) is 5.66. The van der Waals surface area contributed by atoms with Gasteiger partial charge < -0.3 is 24.8 Å². The summed E-state index contributed by atoms with van der Waals surface area (Å²) >= 11 is -4.02. The molecule has 3 aliphatic rings. The van der Waals surface area contributed by atoms with Crippen molar-refractivity contribution < 1.29 is 52.1 Å². The first-order valence-corrected chi connectivity index (χ1v) is 25.5. The van der Waals surface area contributed by atoms with Gasteiger partial charge in [-0.05, 0) is 0 Å². The number of rotatable bonds is 1. The van der Waals surface area contributed by atoms with E-state index in [9.17, 15) is 9.59 Å². The minimum absolute atomic E-state index is 0. The van der Waals surface area contributed by atoms with Crippen molar-refractivity contribution in [2.24, 2.45) is 5.41 Å². The number of amides is 2. The number of hydrogen-bond acceptors (Lipinski definition) is 2. The van der Waals surface area contributed by atoms with Crippen LogP contribution in [0, 0.1) is 5.41 Å². The van der Waals surface area contributed by atoms with Crippen molar-refractivity contribution in [3.05, 3.63) is 20.0 Å². The number of hydrogen-bond donors (Lipinski definition) is 2. The quantitative estimate of drug-likeness (QED) is 0.418. The van der Waals surface area contributed by atoms with Gasteiger partial charge in [0.25, 0.3) is 0 Å². The number of carbonyl (C=O) groups is 2. The van der Waals surface area contributed by atoms with Crippen LogP contribution < -0.4 is 31.3 Å². The smallest absolute Gasteiger partial charge is 1.00 e. The molecule has 141 valence electrons. The molecule has 0 aromatic heterocycles. The number of allylic oxidation sites excluding steroid dienone is 4. The van der Waals surface area contributed by atoms with Crippen LogP contribution in [0.25, 0.3) is 0 Å². The molecule has 2 aliphatic heterocycles. The van der Waals surface area contributed by atoms with Gasteiger partial charge in [0, 0.05) is 0 Å². The van der Waals surface area contributed by atoms with Crippen LogP contribution in [0.4, 0.5) is 9.59 Å². The molecule has 9 heteroatoms. The van der Waals surface area contributed by atoms with Crippen LogP contribution in [-0.2, 0) is 17.7 Å². The van der Waals surface area contributed by atoms with Gasteiger partial charge in [-0.3, -0.25) is 0 Å². The molecule has 0 aromatic rings. The zero-order valence-corrected chi connectivity index (χ0v) is 22.5. The largest absolute Gasteiger partial charge is 1.00 e. The van der Waals surface area contributed by atoms with Crippen LogP contribution >= 0.6 is 0 Å². The van der Waals surface area contributed by atoms with E-state index in [2.05, 4.69) is 67.3 Å². The van der Waals surface area contributed by atoms with Gasteiger partial charge in [-0.25, -0.2) is 0 Å². The Labute approximate surface area is 165 Å². The molecule has 0 aromatic carbocycles. The summed E-state index contributed by atoms with van der Waals surface area (Å²) in [4.78, 5) is 25.3. The summed E-state index contributed by atoms with van der Waals surface area (Å²) in [7, 11) is 0. The monoisotopic (exact) mass is 497 g/mol. The Morgan fingerprint density at radius 2 is 1.16 bits per heavy atom. The SMILES string of the molecule is CC1=C(C)C(C)(C)[C]([Zr+2]23([NH]C(=O)[Si]2(C)C)[NH]C(=O)[Si]3(C)C)=C1C.[Cl-].[Cl-]. The third-order valence-electron chi connectivity index (χ3n) is 7.92. The fourth-order valence-electron chi connectivity index (χ4n) is 5.88. The molecule has 1 aliphatic carbocycles. The minimum atomic E-state index is -4.02. The van der Waals surface area contributed by atoms with E-state index in [1.54, 1.807) is 0 Å². The average Bonchev–Trinajstić information content (AvgIpc) is 2.58. The van der Waals surface area contributed by atoms with Crippen molar-refractivity contribution in [2.75, 3.05) is 0 Å². The van der Waals surface area contributed by atoms with Crippen molar-refractivity contribution in [2.45, 2.75) is 60.8 Å². The Hall–Kier alpha value is 0.317. The second-order valence-corrected chi connectivity index (χ2v) is 58.5. The van der Waals surface area contributed by atoms with Crippen molar-refractivity contribution in [3.63, 3.8) is 0 Å². The van der Waals surface area contributed by atoms with Crippen molar-refractivity contribution >= 4 is 21.5 Å². The predicted molar refractivity (Wildman–Crippen MR) is 96.9 cm³/mol. The van der Waals surface area contributed by atoms with Crippen LogP contribution in [0.15, 0.2) is 20.0 Å². The van der Waals surface area contributed by atoms with Crippen molar-refractivity contribution in [1.29, 1.82) is 0 Å². The van der Waals surface area contributed by atoms with E-state index in [1.165, 1.54) is 20.0 Å². The Kier molecular flexibility index (Phi) is 5.29. The molecule has 1 spiro atoms. The minimum Gasteiger partial charge on any atom is -1.00 e. The molecular weight excluding hydrogens is 470 g/mol. The average molecular weight is 500 g/mol. The van der Waals surface area contributed by atoms with Crippen LogP contribution in [-0.4, -0.2) is 21.5 Å². The maximum Gasteiger partial charge on any atom is -1.00 e. The summed E-state index contributed by atoms with van der Waals surface area (Å²) in [5.41, 5.74) is 4.54. The molecule has 2 amide bonds. The molecule has 2 N–H and O–H groups in total. The van der Waals surface area contributed by atoms with E-state index >= 15 is 0 Å². The van der Waals surface area contributed by atoms with Gasteiger partial charge >= 0.3 is 141 Å². The van der Waals surface area contributed by atoms with Crippen molar-refractivity contribution in [1.82, 2.24) is 6.52 Å². The number of halogens is 2. The molecular formula is C16H29Cl2N2O2Si2Zr. The summed E-state index contributed by atoms with van der Waals surface area (Å²) < 4.78 is 8.53. The summed E-state index contributed by atoms with van der Waals surface area (Å²) in [6, 6.07) is 0. The zero-order chi connectivity index (χ0) is 17.8. The molecule has 0 unspecified atom stereocenters. The van der Waals surface area contributed by atoms with Gasteiger partial charge in [-0.1, -0.05) is 0 Å². The van der Waals surface area contributed by atoms with Crippen LogP contribution in [0.3, 0.4) is 0 Å². The van der Waals surface area contributed by atoms with Gasteiger partial charge in [0.1, 0.15) is 0 Å². The second-order valence-electron chi connectivity index (χ2n) is 9.28. The Morgan fingerprint density at radius 3 is 1.36 bits per heavy atom. The first kappa shape index (κ1) is 23.4. The van der Waals surface area contributed by atoms with E-state index < -0.39 is 28.1 Å². The molecule has 2 heterocycles. The molecule has 0 atom stereocenters. The van der Waals surface area contributed by atoms with E-state index in [1.807, 2.05) is 0 Å². The fraction of sp³-hybridized carbons (Fsp3) is 0.625. The van der Waals surface area contributed by atoms with Gasteiger partial charge in [0.05, 0.1) is 0 Å². The summed E-state index contributed by atoms with van der Waals surface area (Å²) in [5, 5.41) is -4.40. The predicted octanol–water partition coefficient (Wildman–Crippen LogP) is -1.82. The summed E-state index contributed by atoms with van der Waals surface area (Å²) in [6.07, 6.45) is 0. The molecule has 2 fully saturated rings. The molecule has 0 saturated carbocycles. The van der Waals surface area contributed by atoms with Gasteiger partial charge in [0.15, 0.2) is 0 Å². The number of carbonyl (C=O) groups excluding carboxylic acids is 2. The molecule has 4 nitrogen and oxygen atoms in total. The van der Waals surface area contributed by atoms with E-state index in [-0.39, 0.29) is 41.3 Å². The van der Waals surface area contributed by atoms with Crippen molar-refractivity contribution in [3.8, 4) is 0 Å². The van der Waals surface area contributed by atoms with Crippen LogP contribution in [0.1, 0.15) is 34.6 Å². The van der Waals surface area contributed by atoms with Gasteiger partial charge in [0.2, 0.25) is 0 Å². The standard InChI is InChI=1S/C10H15.2C3H8NOSi.2ClH.Zr/c1-7-6-10(4,5)9(3)8(7)2;2*1-6(2)3(4)5;;;/h1-5H3;2*1-2H3,(H2,4,5);2*1H;/q;;;;;+4/p-4. The number of nitrogens with one attached hydrogen (secondary N) is 2. The fourth-order valence-corrected chi connectivity index (χ4v) is 104. The maximum atomic E-state index is 12.6. The topological polar surface area (TPSA) is 58.2 Å². The van der Waals surface area contributed by atoms with E-state index in [4.69, 9.17) is 0 Å². The molecule has 0 radical (unpaired) electrons. The molecule has 3 rings (SSSR count). The van der Waals surface area contributed by atoms with Crippen LogP contribution in [0.2, 0.25) is 26.2 Å².